The van der Waals surface area contributed by atoms with Crippen LogP contribution in [0.25, 0.3) is 0 Å². The van der Waals surface area contributed by atoms with Gasteiger partial charge in [-0.2, -0.15) is 0 Å². The summed E-state index contributed by atoms with van der Waals surface area (Å²) in [7, 11) is -4.25. The Hall–Kier alpha value is -2.49. The highest BCUT2D eigenvalue weighted by Crippen LogP contribution is 2.22. The van der Waals surface area contributed by atoms with E-state index >= 15 is 0 Å². The Morgan fingerprint density at radius 2 is 1.91 bits per heavy atom. The van der Waals surface area contributed by atoms with Crippen molar-refractivity contribution in [3.63, 3.8) is 0 Å². The second kappa shape index (κ2) is 6.73. The van der Waals surface area contributed by atoms with Crippen LogP contribution >= 0.6 is 11.6 Å². The zero-order valence-electron chi connectivity index (χ0n) is 11.4. The number of rotatable bonds is 5. The van der Waals surface area contributed by atoms with E-state index in [4.69, 9.17) is 16.7 Å². The zero-order chi connectivity index (χ0) is 17.0. The van der Waals surface area contributed by atoms with Crippen LogP contribution in [-0.4, -0.2) is 30.4 Å². The number of pyridine rings is 1. The summed E-state index contributed by atoms with van der Waals surface area (Å²) in [6.07, 6.45) is 2.71. The van der Waals surface area contributed by atoms with Crippen molar-refractivity contribution in [1.29, 1.82) is 0 Å². The maximum atomic E-state index is 12.1. The molecule has 3 N–H and O–H groups in total. The Balaban J connectivity index is 2.21. The molecule has 1 aromatic heterocycles. The smallest absolute Gasteiger partial charge is 0.335 e. The van der Waals surface area contributed by atoms with Gasteiger partial charge in [0.1, 0.15) is 4.90 Å². The van der Waals surface area contributed by atoms with E-state index in [0.29, 0.717) is 0 Å². The van der Waals surface area contributed by atoms with E-state index in [2.05, 4.69) is 4.98 Å². The Morgan fingerprint density at radius 1 is 1.17 bits per heavy atom. The van der Waals surface area contributed by atoms with Crippen LogP contribution in [0.3, 0.4) is 0 Å². The van der Waals surface area contributed by atoms with Crippen molar-refractivity contribution in [1.82, 2.24) is 15.2 Å². The van der Waals surface area contributed by atoms with Gasteiger partial charge < -0.3 is 5.11 Å². The van der Waals surface area contributed by atoms with Crippen LogP contribution in [-0.2, 0) is 10.0 Å². The number of amides is 1. The lowest BCUT2D eigenvalue weighted by Gasteiger charge is -2.10. The maximum absolute atomic E-state index is 12.1. The van der Waals surface area contributed by atoms with Crippen molar-refractivity contribution >= 4 is 33.5 Å². The number of carbonyl (C=O) groups excluding carboxylic acids is 1. The summed E-state index contributed by atoms with van der Waals surface area (Å²) in [5.74, 6) is -2.04. The van der Waals surface area contributed by atoms with Gasteiger partial charge in [-0.15, -0.1) is 4.83 Å². The summed E-state index contributed by atoms with van der Waals surface area (Å²) >= 11 is 5.78. The van der Waals surface area contributed by atoms with Crippen molar-refractivity contribution in [3.8, 4) is 0 Å². The third kappa shape index (κ3) is 4.03. The molecule has 0 aliphatic carbocycles. The molecule has 10 heteroatoms. The minimum absolute atomic E-state index is 0.139. The summed E-state index contributed by atoms with van der Waals surface area (Å²) in [6, 6.07) is 6.15. The Kier molecular flexibility index (Phi) is 4.94. The van der Waals surface area contributed by atoms with E-state index in [9.17, 15) is 18.0 Å². The number of hydrogen-bond donors (Lipinski definition) is 3. The van der Waals surface area contributed by atoms with Crippen LogP contribution in [0.1, 0.15) is 20.7 Å². The summed E-state index contributed by atoms with van der Waals surface area (Å²) in [4.78, 5) is 27.8. The number of carbonyl (C=O) groups is 2. The predicted molar refractivity (Wildman–Crippen MR) is 80.4 cm³/mol. The Bertz CT molecular complexity index is 855. The molecule has 0 aliphatic heterocycles. The molecule has 0 unspecified atom stereocenters. The number of aromatic carboxylic acids is 1. The van der Waals surface area contributed by atoms with E-state index in [0.717, 1.165) is 18.2 Å². The first-order chi connectivity index (χ1) is 10.8. The van der Waals surface area contributed by atoms with Crippen LogP contribution in [0, 0.1) is 0 Å². The molecule has 120 valence electrons. The fourth-order valence-electron chi connectivity index (χ4n) is 1.58. The van der Waals surface area contributed by atoms with Crippen LogP contribution in [0.4, 0.5) is 0 Å². The normalized spacial score (nSPS) is 11.0. The molecule has 1 aromatic carbocycles. The monoisotopic (exact) mass is 355 g/mol. The van der Waals surface area contributed by atoms with Gasteiger partial charge in [0, 0.05) is 12.4 Å². The highest BCUT2D eigenvalue weighted by molar-refractivity contribution is 7.89. The molecule has 0 fully saturated rings. The van der Waals surface area contributed by atoms with E-state index < -0.39 is 26.8 Å². The lowest BCUT2D eigenvalue weighted by atomic mass is 10.2. The maximum Gasteiger partial charge on any atom is 0.335 e. The number of sulfonamides is 1. The van der Waals surface area contributed by atoms with E-state index in [1.165, 1.54) is 24.5 Å². The number of hydrazine groups is 1. The average molecular weight is 356 g/mol. The molecule has 2 aromatic rings. The van der Waals surface area contributed by atoms with Crippen molar-refractivity contribution in [2.45, 2.75) is 4.90 Å². The van der Waals surface area contributed by atoms with Crippen molar-refractivity contribution in [2.24, 2.45) is 0 Å². The average Bonchev–Trinajstić information content (AvgIpc) is 2.53. The summed E-state index contributed by atoms with van der Waals surface area (Å²) < 4.78 is 24.3. The van der Waals surface area contributed by atoms with Gasteiger partial charge in [-0.25, -0.2) is 13.2 Å². The van der Waals surface area contributed by atoms with Crippen molar-refractivity contribution in [3.05, 3.63) is 58.9 Å². The molecule has 8 nitrogen and oxygen atoms in total. The number of carboxylic acid groups (broad SMARTS) is 1. The molecule has 2 rings (SSSR count). The number of nitrogens with one attached hydrogen (secondary N) is 2. The van der Waals surface area contributed by atoms with Gasteiger partial charge in [0.05, 0.1) is 16.1 Å². The fourth-order valence-corrected chi connectivity index (χ4v) is 2.95. The SMILES string of the molecule is O=C(O)c1ccc(Cl)c(S(=O)(=O)NNC(=O)c2cccnc2)c1. The summed E-state index contributed by atoms with van der Waals surface area (Å²) in [5, 5.41) is 8.72. The highest BCUT2D eigenvalue weighted by Gasteiger charge is 2.21. The molecule has 0 aliphatic rings. The molecule has 0 radical (unpaired) electrons. The van der Waals surface area contributed by atoms with Crippen LogP contribution in [0.15, 0.2) is 47.6 Å². The Labute approximate surface area is 136 Å². The third-order valence-electron chi connectivity index (χ3n) is 2.69. The molecule has 23 heavy (non-hydrogen) atoms. The predicted octanol–water partition coefficient (Wildman–Crippen LogP) is 1.06. The topological polar surface area (TPSA) is 125 Å². The second-order valence-electron chi connectivity index (χ2n) is 4.25. The molecule has 1 amide bonds. The minimum atomic E-state index is -4.25. The highest BCUT2D eigenvalue weighted by atomic mass is 35.5. The lowest BCUT2D eigenvalue weighted by molar-refractivity contribution is 0.0696. The Morgan fingerprint density at radius 3 is 2.52 bits per heavy atom. The zero-order valence-corrected chi connectivity index (χ0v) is 12.9. The minimum Gasteiger partial charge on any atom is -0.478 e. The molecule has 0 spiro atoms. The lowest BCUT2D eigenvalue weighted by Crippen LogP contribution is -2.41. The van der Waals surface area contributed by atoms with Gasteiger partial charge in [-0.1, -0.05) is 11.6 Å². The van der Waals surface area contributed by atoms with E-state index in [1.54, 1.807) is 0 Å². The molecule has 0 bridgehead atoms. The van der Waals surface area contributed by atoms with Gasteiger partial charge in [-0.05, 0) is 30.3 Å². The second-order valence-corrected chi connectivity index (χ2v) is 6.31. The molecular formula is C13H10ClN3O5S. The molecule has 1 heterocycles. The summed E-state index contributed by atoms with van der Waals surface area (Å²) in [5.41, 5.74) is 1.87. The standard InChI is InChI=1S/C13H10ClN3O5S/c14-10-4-3-8(13(19)20)6-11(10)23(21,22)17-16-12(18)9-2-1-5-15-7-9/h1-7,17H,(H,16,18)(H,19,20). The van der Waals surface area contributed by atoms with Gasteiger partial charge in [0.2, 0.25) is 0 Å². The van der Waals surface area contributed by atoms with Crippen LogP contribution in [0.2, 0.25) is 5.02 Å². The number of aromatic nitrogens is 1. The first-order valence-corrected chi connectivity index (χ1v) is 7.92. The quantitative estimate of drug-likeness (QED) is 0.688. The van der Waals surface area contributed by atoms with Crippen LogP contribution < -0.4 is 10.3 Å². The summed E-state index contributed by atoms with van der Waals surface area (Å²) in [6.45, 7) is 0. The van der Waals surface area contributed by atoms with Gasteiger partial charge >= 0.3 is 5.97 Å². The van der Waals surface area contributed by atoms with Gasteiger partial charge in [-0.3, -0.25) is 15.2 Å². The number of nitrogens with zero attached hydrogens (tertiary/aromatic N) is 1. The number of halogens is 1. The largest absolute Gasteiger partial charge is 0.478 e. The van der Waals surface area contributed by atoms with Gasteiger partial charge in [0.25, 0.3) is 15.9 Å². The van der Waals surface area contributed by atoms with Gasteiger partial charge in [0.15, 0.2) is 0 Å². The van der Waals surface area contributed by atoms with E-state index in [1.807, 2.05) is 10.3 Å². The van der Waals surface area contributed by atoms with Crippen molar-refractivity contribution in [2.75, 3.05) is 0 Å². The fraction of sp³-hybridized carbons (Fsp3) is 0. The molecule has 0 atom stereocenters. The molecule has 0 saturated carbocycles. The van der Waals surface area contributed by atoms with Crippen molar-refractivity contribution < 1.29 is 23.1 Å². The van der Waals surface area contributed by atoms with Crippen LogP contribution in [0.5, 0.6) is 0 Å². The molecule has 0 saturated heterocycles. The van der Waals surface area contributed by atoms with E-state index in [-0.39, 0.29) is 16.1 Å². The third-order valence-corrected chi connectivity index (χ3v) is 4.42. The number of hydrogen-bond acceptors (Lipinski definition) is 5. The number of carboxylic acids is 1. The number of benzene rings is 1. The first-order valence-electron chi connectivity index (χ1n) is 6.06. The molecular weight excluding hydrogens is 346 g/mol. The first kappa shape index (κ1) is 16.9.